The number of ether oxygens (including phenoxy) is 2. The predicted molar refractivity (Wildman–Crippen MR) is 106 cm³/mol. The van der Waals surface area contributed by atoms with Crippen molar-refractivity contribution in [2.75, 3.05) is 25.6 Å². The Bertz CT molecular complexity index is 834. The molecule has 2 rings (SSSR count). The highest BCUT2D eigenvalue weighted by Gasteiger charge is 2.11. The molecule has 0 heterocycles. The van der Waals surface area contributed by atoms with E-state index in [0.717, 1.165) is 11.3 Å². The van der Waals surface area contributed by atoms with Gasteiger partial charge in [-0.25, -0.2) is 10.2 Å². The van der Waals surface area contributed by atoms with Crippen LogP contribution in [0.15, 0.2) is 53.6 Å². The number of nitrogens with zero attached hydrogens (tertiary/aromatic N) is 2. The molecule has 0 aliphatic heterocycles. The van der Waals surface area contributed by atoms with E-state index < -0.39 is 12.1 Å². The number of benzene rings is 2. The zero-order valence-corrected chi connectivity index (χ0v) is 16.0. The Kier molecular flexibility index (Phi) is 7.38. The van der Waals surface area contributed by atoms with Crippen molar-refractivity contribution in [3.63, 3.8) is 0 Å². The van der Waals surface area contributed by atoms with Crippen LogP contribution in [-0.4, -0.2) is 50.0 Å². The van der Waals surface area contributed by atoms with E-state index in [1.54, 1.807) is 30.3 Å². The van der Waals surface area contributed by atoms with Crippen LogP contribution < -0.4 is 19.8 Å². The second-order valence-corrected chi connectivity index (χ2v) is 6.14. The van der Waals surface area contributed by atoms with E-state index >= 15 is 0 Å². The van der Waals surface area contributed by atoms with E-state index in [1.165, 1.54) is 13.1 Å². The van der Waals surface area contributed by atoms with Gasteiger partial charge in [-0.15, -0.1) is 0 Å². The van der Waals surface area contributed by atoms with E-state index in [-0.39, 0.29) is 12.5 Å². The lowest BCUT2D eigenvalue weighted by Crippen LogP contribution is -2.24. The van der Waals surface area contributed by atoms with Crippen molar-refractivity contribution in [3.8, 4) is 11.5 Å². The molecule has 2 aromatic carbocycles. The summed E-state index contributed by atoms with van der Waals surface area (Å²) in [5.41, 5.74) is 4.08. The average molecular weight is 385 g/mol. The molecule has 0 spiro atoms. The third kappa shape index (κ3) is 6.64. The van der Waals surface area contributed by atoms with E-state index in [4.69, 9.17) is 14.6 Å². The van der Waals surface area contributed by atoms with Crippen molar-refractivity contribution in [3.05, 3.63) is 54.1 Å². The zero-order chi connectivity index (χ0) is 20.5. The summed E-state index contributed by atoms with van der Waals surface area (Å²) in [6.45, 7) is 1.29. The maximum atomic E-state index is 11.8. The minimum atomic E-state index is -1.04. The molecule has 0 bridgehead atoms. The maximum absolute atomic E-state index is 11.8. The summed E-state index contributed by atoms with van der Waals surface area (Å²) in [6.07, 6.45) is 0.534. The number of hydrazone groups is 1. The second-order valence-electron chi connectivity index (χ2n) is 6.14. The van der Waals surface area contributed by atoms with Crippen molar-refractivity contribution < 1.29 is 24.2 Å². The average Bonchev–Trinajstić information content (AvgIpc) is 2.68. The highest BCUT2D eigenvalue weighted by atomic mass is 16.5. The molecule has 148 valence electrons. The minimum absolute atomic E-state index is 0.159. The number of carbonyl (C=O) groups excluding carboxylic acids is 1. The molecule has 0 unspecified atom stereocenters. The van der Waals surface area contributed by atoms with Gasteiger partial charge in [-0.3, -0.25) is 4.79 Å². The van der Waals surface area contributed by atoms with Gasteiger partial charge in [0.25, 0.3) is 5.91 Å². The van der Waals surface area contributed by atoms with Crippen molar-refractivity contribution >= 4 is 23.8 Å². The smallest absolute Gasteiger partial charge is 0.344 e. The van der Waals surface area contributed by atoms with E-state index in [0.29, 0.717) is 11.5 Å². The van der Waals surface area contributed by atoms with Crippen molar-refractivity contribution in [1.82, 2.24) is 5.43 Å². The molecule has 0 aromatic heterocycles. The van der Waals surface area contributed by atoms with Crippen LogP contribution in [0.5, 0.6) is 11.5 Å². The fraction of sp³-hybridized carbons (Fsp3) is 0.250. The maximum Gasteiger partial charge on any atom is 0.344 e. The first-order chi connectivity index (χ1) is 13.3. The fourth-order valence-electron chi connectivity index (χ4n) is 2.10. The first-order valence-electron chi connectivity index (χ1n) is 8.57. The number of hydrogen-bond acceptors (Lipinski definition) is 6. The summed E-state index contributed by atoms with van der Waals surface area (Å²) in [7, 11) is 3.85. The number of nitrogens with one attached hydrogen (secondary N) is 1. The number of aliphatic carboxylic acids is 1. The first-order valence-corrected chi connectivity index (χ1v) is 8.57. The van der Waals surface area contributed by atoms with Crippen LogP contribution in [-0.2, 0) is 9.59 Å². The summed E-state index contributed by atoms with van der Waals surface area (Å²) in [5.74, 6) is -0.397. The number of carboxylic acid groups (broad SMARTS) is 1. The molecule has 2 aromatic rings. The quantitative estimate of drug-likeness (QED) is 0.507. The van der Waals surface area contributed by atoms with E-state index in [9.17, 15) is 9.59 Å². The Morgan fingerprint density at radius 1 is 1.18 bits per heavy atom. The lowest BCUT2D eigenvalue weighted by molar-refractivity contribution is -0.144. The van der Waals surface area contributed by atoms with Crippen molar-refractivity contribution in [2.24, 2.45) is 5.10 Å². The molecule has 0 radical (unpaired) electrons. The standard InChI is InChI=1S/C20H23N3O5/c1-14(20(25)26)28-17-9-7-15(8-10-17)12-21-22-19(24)13-27-18-6-4-5-16(11-18)23(2)3/h4-12,14H,13H2,1-3H3,(H,22,24)(H,25,26)/b21-12+/t14-/m0/s1. The molecule has 0 aliphatic rings. The third-order valence-electron chi connectivity index (χ3n) is 3.65. The van der Waals surface area contributed by atoms with Gasteiger partial charge in [0.2, 0.25) is 0 Å². The van der Waals surface area contributed by atoms with Crippen LogP contribution in [0.25, 0.3) is 0 Å². The van der Waals surface area contributed by atoms with Crippen LogP contribution in [0.1, 0.15) is 12.5 Å². The SMILES string of the molecule is C[C@H](Oc1ccc(/C=N/NC(=O)COc2cccc(N(C)C)c2)cc1)C(=O)O. The van der Waals surface area contributed by atoms with Gasteiger partial charge in [-0.05, 0) is 48.9 Å². The zero-order valence-electron chi connectivity index (χ0n) is 16.0. The van der Waals surface area contributed by atoms with Crippen molar-refractivity contribution in [1.29, 1.82) is 0 Å². The van der Waals surface area contributed by atoms with Crippen LogP contribution in [0.4, 0.5) is 5.69 Å². The Morgan fingerprint density at radius 3 is 2.54 bits per heavy atom. The molecule has 2 N–H and O–H groups in total. The second kappa shape index (κ2) is 9.96. The van der Waals surface area contributed by atoms with Crippen molar-refractivity contribution in [2.45, 2.75) is 13.0 Å². The Morgan fingerprint density at radius 2 is 1.89 bits per heavy atom. The Hall–Kier alpha value is -3.55. The lowest BCUT2D eigenvalue weighted by atomic mass is 10.2. The van der Waals surface area contributed by atoms with Crippen LogP contribution >= 0.6 is 0 Å². The fourth-order valence-corrected chi connectivity index (χ4v) is 2.10. The number of rotatable bonds is 9. The highest BCUT2D eigenvalue weighted by molar-refractivity contribution is 5.83. The van der Waals surface area contributed by atoms with Gasteiger partial charge in [-0.2, -0.15) is 5.10 Å². The van der Waals surface area contributed by atoms with Gasteiger partial charge in [0.05, 0.1) is 6.21 Å². The number of hydrogen-bond donors (Lipinski definition) is 2. The molecule has 8 heteroatoms. The van der Waals surface area contributed by atoms with Crippen LogP contribution in [0.2, 0.25) is 0 Å². The summed E-state index contributed by atoms with van der Waals surface area (Å²) in [4.78, 5) is 24.5. The largest absolute Gasteiger partial charge is 0.484 e. The predicted octanol–water partition coefficient (Wildman–Crippen LogP) is 2.13. The number of carboxylic acids is 1. The van der Waals surface area contributed by atoms with Gasteiger partial charge in [-0.1, -0.05) is 6.07 Å². The molecule has 8 nitrogen and oxygen atoms in total. The Labute approximate surface area is 163 Å². The summed E-state index contributed by atoms with van der Waals surface area (Å²) in [6, 6.07) is 14.1. The minimum Gasteiger partial charge on any atom is -0.484 e. The number of carbonyl (C=O) groups is 2. The van der Waals surface area contributed by atoms with Gasteiger partial charge in [0.1, 0.15) is 11.5 Å². The highest BCUT2D eigenvalue weighted by Crippen LogP contribution is 2.19. The van der Waals surface area contributed by atoms with Gasteiger partial charge in [0.15, 0.2) is 12.7 Å². The van der Waals surface area contributed by atoms with Gasteiger partial charge in [0, 0.05) is 25.8 Å². The monoisotopic (exact) mass is 385 g/mol. The van der Waals surface area contributed by atoms with E-state index in [2.05, 4.69) is 10.5 Å². The molecule has 0 aliphatic carbocycles. The lowest BCUT2D eigenvalue weighted by Gasteiger charge is -2.13. The number of anilines is 1. The normalized spacial score (nSPS) is 11.7. The molecular weight excluding hydrogens is 362 g/mol. The molecule has 1 amide bonds. The summed E-state index contributed by atoms with van der Waals surface area (Å²) >= 11 is 0. The molecule has 1 atom stereocenters. The first kappa shape index (κ1) is 20.8. The van der Waals surface area contributed by atoms with E-state index in [1.807, 2.05) is 37.2 Å². The molecule has 28 heavy (non-hydrogen) atoms. The Balaban J connectivity index is 1.80. The molecule has 0 saturated heterocycles. The van der Waals surface area contributed by atoms with Crippen LogP contribution in [0.3, 0.4) is 0 Å². The summed E-state index contributed by atoms with van der Waals surface area (Å²) in [5, 5.41) is 12.7. The van der Waals surface area contributed by atoms with Crippen LogP contribution in [0, 0.1) is 0 Å². The molecule has 0 fully saturated rings. The number of amides is 1. The van der Waals surface area contributed by atoms with Gasteiger partial charge < -0.3 is 19.5 Å². The summed E-state index contributed by atoms with van der Waals surface area (Å²) < 4.78 is 10.7. The third-order valence-corrected chi connectivity index (χ3v) is 3.65. The van der Waals surface area contributed by atoms with Gasteiger partial charge >= 0.3 is 5.97 Å². The molecule has 0 saturated carbocycles. The molecular formula is C20H23N3O5. The topological polar surface area (TPSA) is 100 Å².